The second-order valence-corrected chi connectivity index (χ2v) is 4.49. The Balaban J connectivity index is 1.88. The number of aromatic nitrogens is 1. The number of carboxylic acid groups (broad SMARTS) is 1. The van der Waals surface area contributed by atoms with Gasteiger partial charge in [0.05, 0.1) is 18.6 Å². The summed E-state index contributed by atoms with van der Waals surface area (Å²) in [4.78, 5) is 22.3. The topological polar surface area (TPSA) is 86.5 Å². The van der Waals surface area contributed by atoms with Gasteiger partial charge in [0.25, 0.3) is 0 Å². The molecular formula is C15H14N3O3-. The summed E-state index contributed by atoms with van der Waals surface area (Å²) in [6.07, 6.45) is 3.55. The lowest BCUT2D eigenvalue weighted by atomic mass is 10.1. The van der Waals surface area contributed by atoms with Crippen LogP contribution in [-0.4, -0.2) is 22.7 Å². The summed E-state index contributed by atoms with van der Waals surface area (Å²) in [5.41, 5.74) is 4.09. The van der Waals surface area contributed by atoms with Crippen molar-refractivity contribution in [3.05, 3.63) is 59.4 Å². The standard InChI is InChI=1S/C15H15N3O3/c1-18-8-2-3-13(18)9-14(19)17-16-10-11-4-6-12(7-5-11)15(20)21/h2-8,10H,9H2,1H3,(H,17,19)(H,20,21)/p-1. The number of nitrogens with one attached hydrogen (secondary N) is 1. The number of rotatable bonds is 5. The van der Waals surface area contributed by atoms with E-state index in [0.29, 0.717) is 5.56 Å². The summed E-state index contributed by atoms with van der Waals surface area (Å²) in [5.74, 6) is -1.45. The molecule has 0 spiro atoms. The minimum atomic E-state index is -1.23. The number of aryl methyl sites for hydroxylation is 1. The van der Waals surface area contributed by atoms with Gasteiger partial charge in [-0.15, -0.1) is 0 Å². The monoisotopic (exact) mass is 284 g/mol. The fourth-order valence-corrected chi connectivity index (χ4v) is 1.77. The fourth-order valence-electron chi connectivity index (χ4n) is 1.77. The van der Waals surface area contributed by atoms with Gasteiger partial charge >= 0.3 is 0 Å². The molecule has 1 heterocycles. The van der Waals surface area contributed by atoms with Crippen LogP contribution in [0.2, 0.25) is 0 Å². The van der Waals surface area contributed by atoms with E-state index in [4.69, 9.17) is 0 Å². The highest BCUT2D eigenvalue weighted by Gasteiger charge is 2.04. The number of benzene rings is 1. The molecule has 6 nitrogen and oxygen atoms in total. The van der Waals surface area contributed by atoms with Crippen LogP contribution in [0, 0.1) is 0 Å². The predicted molar refractivity (Wildman–Crippen MR) is 75.6 cm³/mol. The maximum atomic E-state index is 11.7. The minimum absolute atomic E-state index is 0.0971. The van der Waals surface area contributed by atoms with Crippen LogP contribution < -0.4 is 10.5 Å². The van der Waals surface area contributed by atoms with E-state index in [0.717, 1.165) is 5.69 Å². The molecule has 1 amide bonds. The van der Waals surface area contributed by atoms with Gasteiger partial charge in [0.2, 0.25) is 5.91 Å². The number of carbonyl (C=O) groups is 2. The van der Waals surface area contributed by atoms with E-state index < -0.39 is 5.97 Å². The lowest BCUT2D eigenvalue weighted by Gasteiger charge is -2.03. The van der Waals surface area contributed by atoms with Gasteiger partial charge in [0.15, 0.2) is 0 Å². The van der Waals surface area contributed by atoms with E-state index >= 15 is 0 Å². The van der Waals surface area contributed by atoms with Crippen molar-refractivity contribution in [1.29, 1.82) is 0 Å². The fraction of sp³-hybridized carbons (Fsp3) is 0.133. The van der Waals surface area contributed by atoms with Crippen molar-refractivity contribution in [3.63, 3.8) is 0 Å². The number of aromatic carboxylic acids is 1. The molecule has 2 aromatic rings. The van der Waals surface area contributed by atoms with E-state index in [1.807, 2.05) is 29.9 Å². The highest BCUT2D eigenvalue weighted by Crippen LogP contribution is 2.02. The minimum Gasteiger partial charge on any atom is -0.545 e. The number of carbonyl (C=O) groups excluding carboxylic acids is 2. The van der Waals surface area contributed by atoms with Gasteiger partial charge in [-0.05, 0) is 23.3 Å². The number of hydrazone groups is 1. The van der Waals surface area contributed by atoms with E-state index in [1.165, 1.54) is 18.3 Å². The summed E-state index contributed by atoms with van der Waals surface area (Å²) in [7, 11) is 1.87. The molecule has 108 valence electrons. The van der Waals surface area contributed by atoms with Crippen LogP contribution in [0.25, 0.3) is 0 Å². The molecular weight excluding hydrogens is 270 g/mol. The maximum Gasteiger partial charge on any atom is 0.245 e. The molecule has 6 heteroatoms. The third-order valence-corrected chi connectivity index (χ3v) is 2.94. The Labute approximate surface area is 121 Å². The predicted octanol–water partition coefficient (Wildman–Crippen LogP) is 0.0814. The lowest BCUT2D eigenvalue weighted by Crippen LogP contribution is -2.22. The summed E-state index contributed by atoms with van der Waals surface area (Å²) in [6, 6.07) is 9.73. The Morgan fingerprint density at radius 1 is 1.29 bits per heavy atom. The molecule has 2 rings (SSSR count). The number of hydrogen-bond acceptors (Lipinski definition) is 4. The largest absolute Gasteiger partial charge is 0.545 e. The second-order valence-electron chi connectivity index (χ2n) is 4.49. The molecule has 0 aliphatic rings. The Morgan fingerprint density at radius 2 is 2.00 bits per heavy atom. The number of carboxylic acids is 1. The van der Waals surface area contributed by atoms with Crippen molar-refractivity contribution < 1.29 is 14.7 Å². The van der Waals surface area contributed by atoms with Crippen molar-refractivity contribution >= 4 is 18.1 Å². The van der Waals surface area contributed by atoms with Crippen molar-refractivity contribution in [2.45, 2.75) is 6.42 Å². The molecule has 1 N–H and O–H groups in total. The van der Waals surface area contributed by atoms with E-state index in [-0.39, 0.29) is 17.9 Å². The number of nitrogens with zero attached hydrogens (tertiary/aromatic N) is 2. The van der Waals surface area contributed by atoms with Crippen LogP contribution in [0.5, 0.6) is 0 Å². The third kappa shape index (κ3) is 4.04. The lowest BCUT2D eigenvalue weighted by molar-refractivity contribution is -0.255. The normalized spacial score (nSPS) is 10.7. The number of hydrogen-bond donors (Lipinski definition) is 1. The summed E-state index contributed by atoms with van der Waals surface area (Å²) in [6.45, 7) is 0. The van der Waals surface area contributed by atoms with Gasteiger partial charge in [0.1, 0.15) is 0 Å². The van der Waals surface area contributed by atoms with Crippen LogP contribution in [-0.2, 0) is 18.3 Å². The summed E-state index contributed by atoms with van der Waals surface area (Å²) < 4.78 is 1.86. The Hall–Kier alpha value is -2.89. The third-order valence-electron chi connectivity index (χ3n) is 2.94. The zero-order valence-electron chi connectivity index (χ0n) is 11.4. The summed E-state index contributed by atoms with van der Waals surface area (Å²) >= 11 is 0. The Bertz CT molecular complexity index is 672. The first kappa shape index (κ1) is 14.5. The molecule has 0 fully saturated rings. The first-order chi connectivity index (χ1) is 10.1. The van der Waals surface area contributed by atoms with Gasteiger partial charge in [-0.25, -0.2) is 5.43 Å². The summed E-state index contributed by atoms with van der Waals surface area (Å²) in [5, 5.41) is 14.4. The molecule has 0 radical (unpaired) electrons. The molecule has 0 atom stereocenters. The first-order valence-corrected chi connectivity index (χ1v) is 6.30. The van der Waals surface area contributed by atoms with E-state index in [2.05, 4.69) is 10.5 Å². The van der Waals surface area contributed by atoms with Crippen molar-refractivity contribution in [1.82, 2.24) is 9.99 Å². The first-order valence-electron chi connectivity index (χ1n) is 6.30. The van der Waals surface area contributed by atoms with E-state index in [9.17, 15) is 14.7 Å². The van der Waals surface area contributed by atoms with Crippen molar-refractivity contribution in [3.8, 4) is 0 Å². The molecule has 1 aromatic heterocycles. The van der Waals surface area contributed by atoms with Gasteiger partial charge in [-0.2, -0.15) is 5.10 Å². The van der Waals surface area contributed by atoms with Crippen LogP contribution in [0.15, 0.2) is 47.7 Å². The smallest absolute Gasteiger partial charge is 0.245 e. The Morgan fingerprint density at radius 3 is 2.57 bits per heavy atom. The van der Waals surface area contributed by atoms with Crippen LogP contribution in [0.4, 0.5) is 0 Å². The molecule has 0 aliphatic carbocycles. The van der Waals surface area contributed by atoms with Crippen LogP contribution in [0.3, 0.4) is 0 Å². The molecule has 0 saturated heterocycles. The zero-order valence-corrected chi connectivity index (χ0v) is 11.4. The van der Waals surface area contributed by atoms with Crippen LogP contribution in [0.1, 0.15) is 21.6 Å². The SMILES string of the molecule is Cn1cccc1CC(=O)NN=Cc1ccc(C(=O)[O-])cc1. The average Bonchev–Trinajstić information content (AvgIpc) is 2.85. The highest BCUT2D eigenvalue weighted by molar-refractivity contribution is 5.88. The highest BCUT2D eigenvalue weighted by atomic mass is 16.4. The molecule has 0 bridgehead atoms. The average molecular weight is 284 g/mol. The van der Waals surface area contributed by atoms with Gasteiger partial charge < -0.3 is 14.5 Å². The molecule has 0 aliphatic heterocycles. The van der Waals surface area contributed by atoms with Gasteiger partial charge in [-0.3, -0.25) is 4.79 Å². The maximum absolute atomic E-state index is 11.7. The molecule has 0 saturated carbocycles. The Kier molecular flexibility index (Phi) is 4.50. The molecule has 1 aromatic carbocycles. The zero-order chi connectivity index (χ0) is 15.2. The van der Waals surface area contributed by atoms with Gasteiger partial charge in [0, 0.05) is 18.9 Å². The van der Waals surface area contributed by atoms with Crippen molar-refractivity contribution in [2.75, 3.05) is 0 Å². The van der Waals surface area contributed by atoms with E-state index in [1.54, 1.807) is 12.1 Å². The number of amides is 1. The van der Waals surface area contributed by atoms with Gasteiger partial charge in [-0.1, -0.05) is 24.3 Å². The van der Waals surface area contributed by atoms with Crippen molar-refractivity contribution in [2.24, 2.45) is 12.1 Å². The quantitative estimate of drug-likeness (QED) is 0.623. The van der Waals surface area contributed by atoms with Crippen LogP contribution >= 0.6 is 0 Å². The molecule has 0 unspecified atom stereocenters. The second kappa shape index (κ2) is 6.51. The molecule has 21 heavy (non-hydrogen) atoms.